The van der Waals surface area contributed by atoms with E-state index in [0.29, 0.717) is 0 Å². The molecule has 0 atom stereocenters. The largest absolute Gasteiger partial charge is 0.310 e. The van der Waals surface area contributed by atoms with Gasteiger partial charge in [-0.15, -0.1) is 0 Å². The minimum atomic E-state index is 1.10. The number of fused-ring (bicyclic) bond motifs is 4. The second-order valence-corrected chi connectivity index (χ2v) is 12.2. The van der Waals surface area contributed by atoms with Crippen LogP contribution in [0.1, 0.15) is 0 Å². The zero-order valence-electron chi connectivity index (χ0n) is 26.4. The predicted octanol–water partition coefficient (Wildman–Crippen LogP) is 12.7. The van der Waals surface area contributed by atoms with Gasteiger partial charge in [-0.3, -0.25) is 0 Å². The molecule has 0 aliphatic rings. The van der Waals surface area contributed by atoms with Crippen LogP contribution < -0.4 is 4.90 Å². The molecule has 226 valence electrons. The summed E-state index contributed by atoms with van der Waals surface area (Å²) in [6.45, 7) is 0. The average Bonchev–Trinajstić information content (AvgIpc) is 3.50. The highest BCUT2D eigenvalue weighted by Crippen LogP contribution is 2.44. The molecule has 8 aromatic carbocycles. The van der Waals surface area contributed by atoms with E-state index in [9.17, 15) is 0 Å². The van der Waals surface area contributed by atoms with Gasteiger partial charge >= 0.3 is 0 Å². The molecule has 0 aliphatic carbocycles. The molecule has 0 spiro atoms. The van der Waals surface area contributed by atoms with Gasteiger partial charge in [0.2, 0.25) is 0 Å². The number of hydrogen-bond donors (Lipinski definition) is 0. The van der Waals surface area contributed by atoms with Crippen molar-refractivity contribution in [1.82, 2.24) is 4.57 Å². The summed E-state index contributed by atoms with van der Waals surface area (Å²) in [7, 11) is 0. The molecule has 48 heavy (non-hydrogen) atoms. The molecule has 0 aliphatic heterocycles. The van der Waals surface area contributed by atoms with Gasteiger partial charge in [0, 0.05) is 33.2 Å². The molecule has 2 nitrogen and oxygen atoms in total. The fourth-order valence-corrected chi connectivity index (χ4v) is 7.17. The van der Waals surface area contributed by atoms with E-state index >= 15 is 0 Å². The van der Waals surface area contributed by atoms with Crippen LogP contribution >= 0.6 is 0 Å². The third-order valence-electron chi connectivity index (χ3n) is 9.37. The van der Waals surface area contributed by atoms with E-state index in [0.717, 1.165) is 22.7 Å². The van der Waals surface area contributed by atoms with Crippen LogP contribution in [0.25, 0.3) is 60.5 Å². The first-order valence-corrected chi connectivity index (χ1v) is 16.4. The molecular formula is C46H32N2. The van der Waals surface area contributed by atoms with Gasteiger partial charge in [-0.1, -0.05) is 146 Å². The van der Waals surface area contributed by atoms with E-state index in [1.165, 1.54) is 54.8 Å². The molecule has 0 unspecified atom stereocenters. The Balaban J connectivity index is 1.31. The molecule has 0 bridgehead atoms. The Bertz CT molecular complexity index is 2530. The van der Waals surface area contributed by atoms with Gasteiger partial charge in [-0.25, -0.2) is 0 Å². The number of benzene rings is 8. The number of para-hydroxylation sites is 1. The monoisotopic (exact) mass is 612 g/mol. The molecule has 0 saturated heterocycles. The second-order valence-electron chi connectivity index (χ2n) is 12.2. The van der Waals surface area contributed by atoms with Crippen molar-refractivity contribution < 1.29 is 0 Å². The summed E-state index contributed by atoms with van der Waals surface area (Å²) in [5.41, 5.74) is 11.7. The molecule has 0 radical (unpaired) electrons. The van der Waals surface area contributed by atoms with Crippen LogP contribution in [0.4, 0.5) is 17.1 Å². The van der Waals surface area contributed by atoms with Crippen molar-refractivity contribution >= 4 is 49.6 Å². The van der Waals surface area contributed by atoms with Crippen LogP contribution in [0, 0.1) is 0 Å². The smallest absolute Gasteiger partial charge is 0.0562 e. The predicted molar refractivity (Wildman–Crippen MR) is 204 cm³/mol. The van der Waals surface area contributed by atoms with Crippen molar-refractivity contribution in [2.45, 2.75) is 0 Å². The van der Waals surface area contributed by atoms with Crippen LogP contribution in [0.3, 0.4) is 0 Å². The lowest BCUT2D eigenvalue weighted by Crippen LogP contribution is -2.10. The molecule has 9 rings (SSSR count). The third-order valence-corrected chi connectivity index (χ3v) is 9.37. The van der Waals surface area contributed by atoms with Crippen LogP contribution in [0.15, 0.2) is 194 Å². The Hall–Kier alpha value is -6.38. The molecule has 9 aromatic rings. The highest BCUT2D eigenvalue weighted by atomic mass is 15.1. The minimum Gasteiger partial charge on any atom is -0.310 e. The summed E-state index contributed by atoms with van der Waals surface area (Å²) in [6.07, 6.45) is 0. The molecule has 2 heteroatoms. The number of rotatable bonds is 6. The fourth-order valence-electron chi connectivity index (χ4n) is 7.17. The van der Waals surface area contributed by atoms with E-state index in [2.05, 4.69) is 204 Å². The quantitative estimate of drug-likeness (QED) is 0.181. The van der Waals surface area contributed by atoms with Crippen molar-refractivity contribution in [3.8, 4) is 27.9 Å². The normalized spacial score (nSPS) is 11.3. The SMILES string of the molecule is c1ccc(-c2ccc(N(c3ccc4c5c(-c6ccccc6)cccc5n(-c5ccccc5)c4c3)c3cccc4ccccc34)cc2)cc1. The highest BCUT2D eigenvalue weighted by molar-refractivity contribution is 6.16. The number of hydrogen-bond acceptors (Lipinski definition) is 1. The van der Waals surface area contributed by atoms with Crippen LogP contribution in [0.5, 0.6) is 0 Å². The van der Waals surface area contributed by atoms with E-state index < -0.39 is 0 Å². The van der Waals surface area contributed by atoms with Gasteiger partial charge in [0.15, 0.2) is 0 Å². The molecule has 0 amide bonds. The Morgan fingerprint density at radius 2 is 0.979 bits per heavy atom. The Kier molecular flexibility index (Phi) is 6.84. The summed E-state index contributed by atoms with van der Waals surface area (Å²) < 4.78 is 2.42. The first kappa shape index (κ1) is 27.9. The molecule has 0 saturated carbocycles. The van der Waals surface area contributed by atoms with Gasteiger partial charge < -0.3 is 9.47 Å². The summed E-state index contributed by atoms with van der Waals surface area (Å²) in [6, 6.07) is 69.9. The summed E-state index contributed by atoms with van der Waals surface area (Å²) in [5.74, 6) is 0. The lowest BCUT2D eigenvalue weighted by molar-refractivity contribution is 1.18. The topological polar surface area (TPSA) is 8.17 Å². The van der Waals surface area contributed by atoms with Crippen LogP contribution in [-0.4, -0.2) is 4.57 Å². The molecule has 0 fully saturated rings. The second kappa shape index (κ2) is 11.8. The molecule has 0 N–H and O–H groups in total. The first-order chi connectivity index (χ1) is 23.8. The third kappa shape index (κ3) is 4.74. The van der Waals surface area contributed by atoms with Crippen LogP contribution in [-0.2, 0) is 0 Å². The number of aromatic nitrogens is 1. The summed E-state index contributed by atoms with van der Waals surface area (Å²) in [4.78, 5) is 2.40. The van der Waals surface area contributed by atoms with Gasteiger partial charge in [0.25, 0.3) is 0 Å². The Morgan fingerprint density at radius 3 is 1.75 bits per heavy atom. The Labute approximate surface area is 280 Å². The summed E-state index contributed by atoms with van der Waals surface area (Å²) in [5, 5.41) is 4.92. The minimum absolute atomic E-state index is 1.10. The highest BCUT2D eigenvalue weighted by Gasteiger charge is 2.20. The standard InChI is InChI=1S/C46H32N2/c1-4-14-33(15-5-1)34-26-28-38(29-27-34)47(43-24-12-19-35-18-10-11-22-40(35)43)39-30-31-42-45(32-39)48(37-20-8-3-9-21-37)44-25-13-23-41(46(42)44)36-16-6-2-7-17-36/h1-32H. The van der Waals surface area contributed by atoms with Gasteiger partial charge in [0.1, 0.15) is 0 Å². The first-order valence-electron chi connectivity index (χ1n) is 16.4. The number of anilines is 3. The van der Waals surface area contributed by atoms with Crippen molar-refractivity contribution in [2.75, 3.05) is 4.90 Å². The van der Waals surface area contributed by atoms with E-state index in [1.54, 1.807) is 0 Å². The molecular weight excluding hydrogens is 581 g/mol. The van der Waals surface area contributed by atoms with E-state index in [4.69, 9.17) is 0 Å². The van der Waals surface area contributed by atoms with E-state index in [1.807, 2.05) is 0 Å². The van der Waals surface area contributed by atoms with E-state index in [-0.39, 0.29) is 0 Å². The fraction of sp³-hybridized carbons (Fsp3) is 0. The average molecular weight is 613 g/mol. The molecule has 1 heterocycles. The van der Waals surface area contributed by atoms with Crippen molar-refractivity contribution in [1.29, 1.82) is 0 Å². The maximum absolute atomic E-state index is 2.42. The summed E-state index contributed by atoms with van der Waals surface area (Å²) >= 11 is 0. The van der Waals surface area contributed by atoms with Gasteiger partial charge in [-0.05, 0) is 76.2 Å². The molecule has 1 aromatic heterocycles. The zero-order valence-corrected chi connectivity index (χ0v) is 26.4. The van der Waals surface area contributed by atoms with Crippen molar-refractivity contribution in [2.24, 2.45) is 0 Å². The van der Waals surface area contributed by atoms with Gasteiger partial charge in [0.05, 0.1) is 16.7 Å². The van der Waals surface area contributed by atoms with Gasteiger partial charge in [-0.2, -0.15) is 0 Å². The number of nitrogens with zero attached hydrogens (tertiary/aromatic N) is 2. The maximum Gasteiger partial charge on any atom is 0.0562 e. The van der Waals surface area contributed by atoms with Crippen molar-refractivity contribution in [3.05, 3.63) is 194 Å². The van der Waals surface area contributed by atoms with Crippen LogP contribution in [0.2, 0.25) is 0 Å². The van der Waals surface area contributed by atoms with Crippen molar-refractivity contribution in [3.63, 3.8) is 0 Å². The lowest BCUT2D eigenvalue weighted by atomic mass is 9.99. The lowest BCUT2D eigenvalue weighted by Gasteiger charge is -2.27. The maximum atomic E-state index is 2.42. The zero-order chi connectivity index (χ0) is 31.9. The Morgan fingerprint density at radius 1 is 0.375 bits per heavy atom.